The Balaban J connectivity index is 1.87. The molecule has 0 spiro atoms. The SMILES string of the molecule is COC(=O)c1cccc(C)c1NC(=O)CCCOc1cccc(F)c1. The fraction of sp³-hybridized carbons (Fsp3) is 0.263. The van der Waals surface area contributed by atoms with Crippen molar-refractivity contribution >= 4 is 17.6 Å². The Bertz CT molecular complexity index is 761. The van der Waals surface area contributed by atoms with Gasteiger partial charge in [0.15, 0.2) is 0 Å². The van der Waals surface area contributed by atoms with E-state index in [2.05, 4.69) is 5.32 Å². The molecule has 1 N–H and O–H groups in total. The van der Waals surface area contributed by atoms with Crippen molar-refractivity contribution < 1.29 is 23.5 Å². The maximum Gasteiger partial charge on any atom is 0.339 e. The minimum atomic E-state index is -0.506. The van der Waals surface area contributed by atoms with Crippen LogP contribution < -0.4 is 10.1 Å². The third-order valence-electron chi connectivity index (χ3n) is 3.56. The van der Waals surface area contributed by atoms with Crippen molar-refractivity contribution in [1.82, 2.24) is 0 Å². The van der Waals surface area contributed by atoms with E-state index < -0.39 is 5.97 Å². The Morgan fingerprint density at radius 1 is 1.16 bits per heavy atom. The van der Waals surface area contributed by atoms with Crippen molar-refractivity contribution in [3.05, 3.63) is 59.4 Å². The van der Waals surface area contributed by atoms with Crippen LogP contribution in [0.4, 0.5) is 10.1 Å². The molecular weight excluding hydrogens is 325 g/mol. The zero-order chi connectivity index (χ0) is 18.2. The van der Waals surface area contributed by atoms with Crippen molar-refractivity contribution in [2.24, 2.45) is 0 Å². The number of halogens is 1. The highest BCUT2D eigenvalue weighted by Gasteiger charge is 2.15. The van der Waals surface area contributed by atoms with Gasteiger partial charge in [-0.2, -0.15) is 0 Å². The van der Waals surface area contributed by atoms with Crippen LogP contribution >= 0.6 is 0 Å². The summed E-state index contributed by atoms with van der Waals surface area (Å²) >= 11 is 0. The third kappa shape index (κ3) is 5.31. The van der Waals surface area contributed by atoms with Crippen LogP contribution in [0.5, 0.6) is 5.75 Å². The molecule has 0 saturated carbocycles. The van der Waals surface area contributed by atoms with E-state index in [1.165, 1.54) is 19.2 Å². The molecule has 0 aliphatic heterocycles. The molecule has 1 amide bonds. The number of rotatable bonds is 7. The highest BCUT2D eigenvalue weighted by atomic mass is 19.1. The predicted molar refractivity (Wildman–Crippen MR) is 92.3 cm³/mol. The van der Waals surface area contributed by atoms with E-state index >= 15 is 0 Å². The van der Waals surface area contributed by atoms with Crippen LogP contribution in [0.3, 0.4) is 0 Å². The van der Waals surface area contributed by atoms with E-state index in [1.54, 1.807) is 37.3 Å². The fourth-order valence-electron chi connectivity index (χ4n) is 2.30. The molecule has 0 bridgehead atoms. The largest absolute Gasteiger partial charge is 0.493 e. The van der Waals surface area contributed by atoms with Gasteiger partial charge in [0, 0.05) is 12.5 Å². The second-order valence-corrected chi connectivity index (χ2v) is 5.45. The molecule has 0 saturated heterocycles. The van der Waals surface area contributed by atoms with Crippen molar-refractivity contribution in [3.8, 4) is 5.75 Å². The van der Waals surface area contributed by atoms with Crippen LogP contribution in [-0.2, 0) is 9.53 Å². The van der Waals surface area contributed by atoms with E-state index in [9.17, 15) is 14.0 Å². The fourth-order valence-corrected chi connectivity index (χ4v) is 2.30. The molecule has 0 atom stereocenters. The first-order valence-corrected chi connectivity index (χ1v) is 7.87. The molecule has 0 aliphatic rings. The monoisotopic (exact) mass is 345 g/mol. The lowest BCUT2D eigenvalue weighted by Gasteiger charge is -2.12. The van der Waals surface area contributed by atoms with Gasteiger partial charge in [-0.3, -0.25) is 4.79 Å². The summed E-state index contributed by atoms with van der Waals surface area (Å²) in [5, 5.41) is 2.75. The smallest absolute Gasteiger partial charge is 0.339 e. The number of carbonyl (C=O) groups is 2. The number of esters is 1. The number of carbonyl (C=O) groups excluding carboxylic acids is 2. The summed E-state index contributed by atoms with van der Waals surface area (Å²) in [5.74, 6) is -0.687. The molecule has 2 aromatic rings. The zero-order valence-corrected chi connectivity index (χ0v) is 14.2. The average molecular weight is 345 g/mol. The maximum atomic E-state index is 13.0. The van der Waals surface area contributed by atoms with Gasteiger partial charge in [0.1, 0.15) is 11.6 Å². The molecule has 0 fully saturated rings. The molecule has 0 aliphatic carbocycles. The van der Waals surface area contributed by atoms with Crippen molar-refractivity contribution in [1.29, 1.82) is 0 Å². The van der Waals surface area contributed by atoms with E-state index in [4.69, 9.17) is 9.47 Å². The Labute approximate surface area is 145 Å². The van der Waals surface area contributed by atoms with Crippen molar-refractivity contribution in [2.45, 2.75) is 19.8 Å². The van der Waals surface area contributed by atoms with Gasteiger partial charge in [-0.1, -0.05) is 18.2 Å². The quantitative estimate of drug-likeness (QED) is 0.614. The number of anilines is 1. The lowest BCUT2D eigenvalue weighted by Crippen LogP contribution is -2.17. The number of para-hydroxylation sites is 1. The summed E-state index contributed by atoms with van der Waals surface area (Å²) < 4.78 is 23.2. The number of hydrogen-bond donors (Lipinski definition) is 1. The Kier molecular flexibility index (Phi) is 6.51. The van der Waals surface area contributed by atoms with Crippen LogP contribution in [0.1, 0.15) is 28.8 Å². The summed E-state index contributed by atoms with van der Waals surface area (Å²) in [4.78, 5) is 23.9. The van der Waals surface area contributed by atoms with E-state index in [0.29, 0.717) is 23.4 Å². The van der Waals surface area contributed by atoms with E-state index in [-0.39, 0.29) is 24.8 Å². The summed E-state index contributed by atoms with van der Waals surface area (Å²) in [6, 6.07) is 11.0. The number of amides is 1. The average Bonchev–Trinajstić information content (AvgIpc) is 2.60. The first-order chi connectivity index (χ1) is 12.0. The molecule has 0 radical (unpaired) electrons. The molecule has 132 valence electrons. The van der Waals surface area contributed by atoms with Crippen molar-refractivity contribution in [2.75, 3.05) is 19.0 Å². The normalized spacial score (nSPS) is 10.2. The van der Waals surface area contributed by atoms with Gasteiger partial charge in [-0.05, 0) is 37.1 Å². The number of aryl methyl sites for hydroxylation is 1. The number of ether oxygens (including phenoxy) is 2. The van der Waals surface area contributed by atoms with Gasteiger partial charge in [0.2, 0.25) is 5.91 Å². The van der Waals surface area contributed by atoms with Gasteiger partial charge in [0.25, 0.3) is 0 Å². The van der Waals surface area contributed by atoms with Gasteiger partial charge >= 0.3 is 5.97 Å². The summed E-state index contributed by atoms with van der Waals surface area (Å²) in [6.07, 6.45) is 0.673. The van der Waals surface area contributed by atoms with Gasteiger partial charge < -0.3 is 14.8 Å². The van der Waals surface area contributed by atoms with E-state index in [1.807, 2.05) is 0 Å². The van der Waals surface area contributed by atoms with Crippen LogP contribution in [0, 0.1) is 12.7 Å². The molecule has 5 nitrogen and oxygen atoms in total. The molecule has 0 aromatic heterocycles. The van der Waals surface area contributed by atoms with Crippen LogP contribution in [0.25, 0.3) is 0 Å². The summed E-state index contributed by atoms with van der Waals surface area (Å²) in [7, 11) is 1.29. The molecule has 6 heteroatoms. The minimum Gasteiger partial charge on any atom is -0.493 e. The van der Waals surface area contributed by atoms with Crippen LogP contribution in [0.2, 0.25) is 0 Å². The highest BCUT2D eigenvalue weighted by Crippen LogP contribution is 2.22. The minimum absolute atomic E-state index is 0.213. The van der Waals surface area contributed by atoms with Crippen LogP contribution in [0.15, 0.2) is 42.5 Å². The second kappa shape index (κ2) is 8.82. The lowest BCUT2D eigenvalue weighted by atomic mass is 10.1. The number of nitrogens with one attached hydrogen (secondary N) is 1. The molecular formula is C19H20FNO4. The van der Waals surface area contributed by atoms with Gasteiger partial charge in [-0.25, -0.2) is 9.18 Å². The first kappa shape index (κ1) is 18.4. The number of benzene rings is 2. The maximum absolute atomic E-state index is 13.0. The Morgan fingerprint density at radius 2 is 1.92 bits per heavy atom. The topological polar surface area (TPSA) is 64.6 Å². The van der Waals surface area contributed by atoms with Gasteiger partial charge in [-0.15, -0.1) is 0 Å². The third-order valence-corrected chi connectivity index (χ3v) is 3.56. The first-order valence-electron chi connectivity index (χ1n) is 7.87. The van der Waals surface area contributed by atoms with Crippen molar-refractivity contribution in [3.63, 3.8) is 0 Å². The van der Waals surface area contributed by atoms with Gasteiger partial charge in [0.05, 0.1) is 25.0 Å². The van der Waals surface area contributed by atoms with Crippen LogP contribution in [-0.4, -0.2) is 25.6 Å². The summed E-state index contributed by atoms with van der Waals surface area (Å²) in [6.45, 7) is 2.09. The second-order valence-electron chi connectivity index (χ2n) is 5.45. The number of methoxy groups -OCH3 is 1. The standard InChI is InChI=1S/C19H20FNO4/c1-13-6-3-9-16(19(23)24-2)18(13)21-17(22)10-5-11-25-15-8-4-7-14(20)12-15/h3-4,6-9,12H,5,10-11H2,1-2H3,(H,21,22). The molecule has 0 heterocycles. The molecule has 25 heavy (non-hydrogen) atoms. The summed E-state index contributed by atoms with van der Waals surface area (Å²) in [5.41, 5.74) is 1.53. The predicted octanol–water partition coefficient (Wildman–Crippen LogP) is 3.72. The number of hydrogen-bond acceptors (Lipinski definition) is 4. The molecule has 2 rings (SSSR count). The highest BCUT2D eigenvalue weighted by molar-refractivity contribution is 6.02. The molecule has 2 aromatic carbocycles. The Morgan fingerprint density at radius 3 is 2.64 bits per heavy atom. The lowest BCUT2D eigenvalue weighted by molar-refractivity contribution is -0.116. The van der Waals surface area contributed by atoms with E-state index in [0.717, 1.165) is 5.56 Å². The zero-order valence-electron chi connectivity index (χ0n) is 14.2. The molecule has 0 unspecified atom stereocenters. The Hall–Kier alpha value is -2.89.